The first kappa shape index (κ1) is 20.9. The predicted molar refractivity (Wildman–Crippen MR) is 113 cm³/mol. The zero-order valence-corrected chi connectivity index (χ0v) is 17.2. The van der Waals surface area contributed by atoms with Gasteiger partial charge in [-0.3, -0.25) is 4.79 Å². The molecule has 5 nitrogen and oxygen atoms in total. The second-order valence-corrected chi connectivity index (χ2v) is 7.77. The van der Waals surface area contributed by atoms with Crippen LogP contribution in [0.4, 0.5) is 0 Å². The van der Waals surface area contributed by atoms with Gasteiger partial charge in [-0.15, -0.1) is 11.8 Å². The van der Waals surface area contributed by atoms with Crippen molar-refractivity contribution in [3.63, 3.8) is 0 Å². The van der Waals surface area contributed by atoms with E-state index in [1.165, 1.54) is 16.0 Å². The summed E-state index contributed by atoms with van der Waals surface area (Å²) < 4.78 is 4.93. The number of aliphatic hydroxyl groups is 1. The molecule has 1 aliphatic rings. The molecular weight excluding hydrogens is 372 g/mol. The van der Waals surface area contributed by atoms with E-state index >= 15 is 0 Å². The third-order valence-electron chi connectivity index (χ3n) is 5.05. The molecule has 28 heavy (non-hydrogen) atoms. The SMILES string of the molecule is COC[C@@H](O)CNCC(=O)N1CCc2ccccc2C1c1ccccc1SC. The predicted octanol–water partition coefficient (Wildman–Crippen LogP) is 2.48. The third-order valence-corrected chi connectivity index (χ3v) is 5.86. The monoisotopic (exact) mass is 400 g/mol. The zero-order valence-electron chi connectivity index (χ0n) is 16.4. The van der Waals surface area contributed by atoms with Gasteiger partial charge in [-0.1, -0.05) is 42.5 Å². The second kappa shape index (κ2) is 10.1. The van der Waals surface area contributed by atoms with Gasteiger partial charge in [-0.25, -0.2) is 0 Å². The van der Waals surface area contributed by atoms with Crippen molar-refractivity contribution in [2.75, 3.05) is 39.6 Å². The molecule has 3 rings (SSSR count). The molecule has 0 radical (unpaired) electrons. The Bertz CT molecular complexity index is 799. The average molecular weight is 401 g/mol. The van der Waals surface area contributed by atoms with Crippen LogP contribution in [0.15, 0.2) is 53.4 Å². The molecule has 0 saturated heterocycles. The van der Waals surface area contributed by atoms with Crippen molar-refractivity contribution >= 4 is 17.7 Å². The molecule has 150 valence electrons. The summed E-state index contributed by atoms with van der Waals surface area (Å²) in [4.78, 5) is 16.2. The number of carbonyl (C=O) groups is 1. The molecule has 2 aromatic carbocycles. The highest BCUT2D eigenvalue weighted by atomic mass is 32.2. The Morgan fingerprint density at radius 1 is 1.25 bits per heavy atom. The van der Waals surface area contributed by atoms with Crippen molar-refractivity contribution in [2.45, 2.75) is 23.5 Å². The summed E-state index contributed by atoms with van der Waals surface area (Å²) in [7, 11) is 1.55. The van der Waals surface area contributed by atoms with E-state index in [0.717, 1.165) is 12.0 Å². The Labute approximate surface area is 171 Å². The van der Waals surface area contributed by atoms with Crippen molar-refractivity contribution in [3.8, 4) is 0 Å². The molecule has 0 fully saturated rings. The average Bonchev–Trinajstić information content (AvgIpc) is 2.73. The summed E-state index contributed by atoms with van der Waals surface area (Å²) in [6.45, 7) is 1.46. The number of fused-ring (bicyclic) bond motifs is 1. The summed E-state index contributed by atoms with van der Waals surface area (Å²) >= 11 is 1.70. The van der Waals surface area contributed by atoms with Gasteiger partial charge in [0.1, 0.15) is 0 Å². The van der Waals surface area contributed by atoms with E-state index in [1.54, 1.807) is 18.9 Å². The fourth-order valence-electron chi connectivity index (χ4n) is 3.76. The number of amides is 1. The van der Waals surface area contributed by atoms with Gasteiger partial charge in [0.05, 0.1) is 25.3 Å². The minimum absolute atomic E-state index is 0.0417. The van der Waals surface area contributed by atoms with Gasteiger partial charge in [0, 0.05) is 25.1 Å². The van der Waals surface area contributed by atoms with Crippen LogP contribution in [0.25, 0.3) is 0 Å². The lowest BCUT2D eigenvalue weighted by Crippen LogP contribution is -2.45. The van der Waals surface area contributed by atoms with Gasteiger partial charge in [0.25, 0.3) is 0 Å². The summed E-state index contributed by atoms with van der Waals surface area (Å²) in [5, 5.41) is 12.9. The number of aliphatic hydroxyl groups excluding tert-OH is 1. The van der Waals surface area contributed by atoms with E-state index in [0.29, 0.717) is 13.1 Å². The van der Waals surface area contributed by atoms with Gasteiger partial charge < -0.3 is 20.1 Å². The molecule has 2 N–H and O–H groups in total. The number of hydrogen-bond acceptors (Lipinski definition) is 5. The van der Waals surface area contributed by atoms with Crippen LogP contribution in [0, 0.1) is 0 Å². The molecule has 0 spiro atoms. The minimum atomic E-state index is -0.618. The van der Waals surface area contributed by atoms with Crippen LogP contribution in [-0.2, 0) is 16.0 Å². The van der Waals surface area contributed by atoms with Crippen LogP contribution in [0.2, 0.25) is 0 Å². The molecule has 1 heterocycles. The van der Waals surface area contributed by atoms with Crippen LogP contribution < -0.4 is 5.32 Å². The number of ether oxygens (including phenoxy) is 1. The van der Waals surface area contributed by atoms with E-state index in [1.807, 2.05) is 23.1 Å². The van der Waals surface area contributed by atoms with Crippen molar-refractivity contribution in [2.24, 2.45) is 0 Å². The number of carbonyl (C=O) groups excluding carboxylic acids is 1. The maximum absolute atomic E-state index is 13.1. The molecule has 1 unspecified atom stereocenters. The van der Waals surface area contributed by atoms with Crippen LogP contribution in [0.1, 0.15) is 22.7 Å². The van der Waals surface area contributed by atoms with Crippen molar-refractivity contribution in [3.05, 3.63) is 65.2 Å². The molecule has 1 aliphatic heterocycles. The fraction of sp³-hybridized carbons (Fsp3) is 0.409. The van der Waals surface area contributed by atoms with Crippen molar-refractivity contribution < 1.29 is 14.6 Å². The van der Waals surface area contributed by atoms with Crippen molar-refractivity contribution in [1.29, 1.82) is 0 Å². The van der Waals surface area contributed by atoms with Gasteiger partial charge in [0.15, 0.2) is 0 Å². The largest absolute Gasteiger partial charge is 0.389 e. The number of methoxy groups -OCH3 is 1. The maximum atomic E-state index is 13.1. The molecule has 2 aromatic rings. The van der Waals surface area contributed by atoms with Crippen molar-refractivity contribution in [1.82, 2.24) is 10.2 Å². The Kier molecular flexibility index (Phi) is 7.50. The molecule has 0 aromatic heterocycles. The number of benzene rings is 2. The first-order chi connectivity index (χ1) is 13.7. The lowest BCUT2D eigenvalue weighted by atomic mass is 9.88. The van der Waals surface area contributed by atoms with Crippen LogP contribution in [0.5, 0.6) is 0 Å². The van der Waals surface area contributed by atoms with Gasteiger partial charge in [-0.05, 0) is 35.4 Å². The molecule has 1 amide bonds. The molecular formula is C22H28N2O3S. The highest BCUT2D eigenvalue weighted by Crippen LogP contribution is 2.38. The van der Waals surface area contributed by atoms with Crippen LogP contribution >= 0.6 is 11.8 Å². The number of nitrogens with one attached hydrogen (secondary N) is 1. The van der Waals surface area contributed by atoms with E-state index in [4.69, 9.17) is 4.74 Å². The summed E-state index contributed by atoms with van der Waals surface area (Å²) in [5.41, 5.74) is 3.66. The standard InChI is InChI=1S/C22H28N2O3S/c1-27-15-17(25)13-23-14-21(26)24-12-11-16-7-3-4-8-18(16)22(24)19-9-5-6-10-20(19)28-2/h3-10,17,22-23,25H,11-15H2,1-2H3/t17-,22?/m0/s1. The Balaban J connectivity index is 1.84. The van der Waals surface area contributed by atoms with Crippen LogP contribution in [-0.4, -0.2) is 61.6 Å². The molecule has 6 heteroatoms. The number of rotatable bonds is 8. The number of thioether (sulfide) groups is 1. The minimum Gasteiger partial charge on any atom is -0.389 e. The van der Waals surface area contributed by atoms with Gasteiger partial charge >= 0.3 is 0 Å². The third kappa shape index (κ3) is 4.75. The Morgan fingerprint density at radius 3 is 2.71 bits per heavy atom. The van der Waals surface area contributed by atoms with E-state index < -0.39 is 6.10 Å². The Morgan fingerprint density at radius 2 is 1.96 bits per heavy atom. The second-order valence-electron chi connectivity index (χ2n) is 6.92. The lowest BCUT2D eigenvalue weighted by molar-refractivity contribution is -0.132. The maximum Gasteiger partial charge on any atom is 0.237 e. The smallest absolute Gasteiger partial charge is 0.237 e. The van der Waals surface area contributed by atoms with E-state index in [-0.39, 0.29) is 25.1 Å². The highest BCUT2D eigenvalue weighted by Gasteiger charge is 2.32. The molecule has 0 bridgehead atoms. The van der Waals surface area contributed by atoms with Crippen LogP contribution in [0.3, 0.4) is 0 Å². The molecule has 0 saturated carbocycles. The number of nitrogens with zero attached hydrogens (tertiary/aromatic N) is 1. The van der Waals surface area contributed by atoms with Gasteiger partial charge in [0.2, 0.25) is 5.91 Å². The highest BCUT2D eigenvalue weighted by molar-refractivity contribution is 7.98. The summed E-state index contributed by atoms with van der Waals surface area (Å²) in [6.07, 6.45) is 2.30. The van der Waals surface area contributed by atoms with Gasteiger partial charge in [-0.2, -0.15) is 0 Å². The first-order valence-corrected chi connectivity index (χ1v) is 10.8. The summed E-state index contributed by atoms with van der Waals surface area (Å²) in [5.74, 6) is 0.0417. The normalized spacial score (nSPS) is 17.2. The topological polar surface area (TPSA) is 61.8 Å². The summed E-state index contributed by atoms with van der Waals surface area (Å²) in [6, 6.07) is 16.6. The van der Waals surface area contributed by atoms with E-state index in [2.05, 4.69) is 41.9 Å². The number of hydrogen-bond donors (Lipinski definition) is 2. The quantitative estimate of drug-likeness (QED) is 0.667. The van der Waals surface area contributed by atoms with E-state index in [9.17, 15) is 9.90 Å². The molecule has 2 atom stereocenters. The first-order valence-electron chi connectivity index (χ1n) is 9.53. The zero-order chi connectivity index (χ0) is 19.9. The fourth-order valence-corrected chi connectivity index (χ4v) is 4.39. The Hall–Kier alpha value is -1.86. The molecule has 0 aliphatic carbocycles. The lowest BCUT2D eigenvalue weighted by Gasteiger charge is -2.38.